The Morgan fingerprint density at radius 1 is 1.38 bits per heavy atom. The van der Waals surface area contributed by atoms with E-state index in [2.05, 4.69) is 41.2 Å². The van der Waals surface area contributed by atoms with Crippen LogP contribution < -0.4 is 0 Å². The molecule has 16 heavy (non-hydrogen) atoms. The molecular formula is C15H28O. The Morgan fingerprint density at radius 2 is 2.00 bits per heavy atom. The lowest BCUT2D eigenvalue weighted by Crippen LogP contribution is -2.29. The molecule has 1 nitrogen and oxygen atoms in total. The predicted octanol–water partition coefficient (Wildman–Crippen LogP) is 4.57. The molecule has 0 radical (unpaired) electrons. The highest BCUT2D eigenvalue weighted by Crippen LogP contribution is 2.31. The highest BCUT2D eigenvalue weighted by molar-refractivity contribution is 5.01. The molecule has 0 aliphatic carbocycles. The van der Waals surface area contributed by atoms with E-state index in [1.54, 1.807) is 0 Å². The second-order valence-corrected chi connectivity index (χ2v) is 6.83. The monoisotopic (exact) mass is 224 g/mol. The zero-order valence-electron chi connectivity index (χ0n) is 11.7. The molecular weight excluding hydrogens is 196 g/mol. The number of hydrogen-bond donors (Lipinski definition) is 0. The molecule has 0 unspecified atom stereocenters. The van der Waals surface area contributed by atoms with Gasteiger partial charge in [0.15, 0.2) is 0 Å². The van der Waals surface area contributed by atoms with Crippen molar-refractivity contribution < 1.29 is 4.74 Å². The third kappa shape index (κ3) is 5.16. The van der Waals surface area contributed by atoms with Crippen molar-refractivity contribution in [2.75, 3.05) is 0 Å². The first-order chi connectivity index (χ1) is 7.26. The van der Waals surface area contributed by atoms with E-state index in [0.29, 0.717) is 17.6 Å². The van der Waals surface area contributed by atoms with Crippen LogP contribution in [0.4, 0.5) is 0 Å². The quantitative estimate of drug-likeness (QED) is 0.638. The second kappa shape index (κ2) is 5.35. The van der Waals surface area contributed by atoms with Crippen LogP contribution in [0, 0.1) is 11.3 Å². The van der Waals surface area contributed by atoms with Gasteiger partial charge in [0.2, 0.25) is 0 Å². The van der Waals surface area contributed by atoms with E-state index in [0.717, 1.165) is 18.8 Å². The third-order valence-electron chi connectivity index (χ3n) is 3.14. The molecule has 1 heteroatoms. The van der Waals surface area contributed by atoms with E-state index in [9.17, 15) is 0 Å². The van der Waals surface area contributed by atoms with Gasteiger partial charge in [0.25, 0.3) is 0 Å². The summed E-state index contributed by atoms with van der Waals surface area (Å²) in [6, 6.07) is 0. The molecule has 1 fully saturated rings. The van der Waals surface area contributed by atoms with Crippen LogP contribution in [-0.4, -0.2) is 12.2 Å². The molecule has 1 saturated heterocycles. The van der Waals surface area contributed by atoms with E-state index in [4.69, 9.17) is 4.74 Å². The highest BCUT2D eigenvalue weighted by Gasteiger charge is 2.25. The molecule has 3 atom stereocenters. The van der Waals surface area contributed by atoms with Crippen LogP contribution >= 0.6 is 0 Å². The van der Waals surface area contributed by atoms with Crippen LogP contribution in [0.25, 0.3) is 0 Å². The number of ether oxygens (including phenoxy) is 1. The minimum absolute atomic E-state index is 0.369. The van der Waals surface area contributed by atoms with Crippen molar-refractivity contribution in [1.82, 2.24) is 0 Å². The Labute approximate surface area is 101 Å². The molecule has 0 aromatic rings. The second-order valence-electron chi connectivity index (χ2n) is 6.83. The van der Waals surface area contributed by atoms with Gasteiger partial charge in [-0.1, -0.05) is 39.8 Å². The highest BCUT2D eigenvalue weighted by atomic mass is 16.5. The summed E-state index contributed by atoms with van der Waals surface area (Å²) in [6.45, 7) is 15.6. The maximum Gasteiger partial charge on any atom is 0.0618 e. The molecule has 0 amide bonds. The molecule has 1 heterocycles. The molecule has 1 aliphatic rings. The van der Waals surface area contributed by atoms with Crippen molar-refractivity contribution in [3.63, 3.8) is 0 Å². The molecule has 0 aromatic heterocycles. The standard InChI is InChI=1S/C15H28O/c1-11-7-13(3)16-14(8-11)9-12(2)10-15(4,5)6/h12-14H,1,7-10H2,2-6H3/t12-,13-,14-/m1/s1. The van der Waals surface area contributed by atoms with Gasteiger partial charge in [0.1, 0.15) is 0 Å². The molecule has 1 rings (SSSR count). The predicted molar refractivity (Wildman–Crippen MR) is 70.6 cm³/mol. The summed E-state index contributed by atoms with van der Waals surface area (Å²) in [6.07, 6.45) is 5.35. The fourth-order valence-electron chi connectivity index (χ4n) is 2.95. The van der Waals surface area contributed by atoms with Crippen molar-refractivity contribution in [1.29, 1.82) is 0 Å². The van der Waals surface area contributed by atoms with Crippen molar-refractivity contribution in [3.8, 4) is 0 Å². The Hall–Kier alpha value is -0.300. The number of rotatable bonds is 3. The summed E-state index contributed by atoms with van der Waals surface area (Å²) in [5.74, 6) is 0.739. The average Bonchev–Trinajstić information content (AvgIpc) is 1.96. The fourth-order valence-corrected chi connectivity index (χ4v) is 2.95. The van der Waals surface area contributed by atoms with Gasteiger partial charge >= 0.3 is 0 Å². The van der Waals surface area contributed by atoms with Gasteiger partial charge in [-0.3, -0.25) is 0 Å². The zero-order valence-corrected chi connectivity index (χ0v) is 11.7. The molecule has 94 valence electrons. The van der Waals surface area contributed by atoms with Crippen molar-refractivity contribution in [2.24, 2.45) is 11.3 Å². The van der Waals surface area contributed by atoms with Crippen LogP contribution in [-0.2, 0) is 4.74 Å². The Kier molecular flexibility index (Phi) is 4.61. The Bertz CT molecular complexity index is 236. The smallest absolute Gasteiger partial charge is 0.0618 e. The summed E-state index contributed by atoms with van der Waals surface area (Å²) in [5, 5.41) is 0. The Balaban J connectivity index is 2.38. The van der Waals surface area contributed by atoms with E-state index < -0.39 is 0 Å². The lowest BCUT2D eigenvalue weighted by Gasteiger charge is -2.32. The maximum absolute atomic E-state index is 5.98. The van der Waals surface area contributed by atoms with Gasteiger partial charge in [0.05, 0.1) is 12.2 Å². The summed E-state index contributed by atoms with van der Waals surface area (Å²) in [5.41, 5.74) is 1.79. The largest absolute Gasteiger partial charge is 0.375 e. The van der Waals surface area contributed by atoms with Crippen molar-refractivity contribution in [2.45, 2.75) is 72.5 Å². The summed E-state index contributed by atoms with van der Waals surface area (Å²) >= 11 is 0. The van der Waals surface area contributed by atoms with Crippen molar-refractivity contribution in [3.05, 3.63) is 12.2 Å². The van der Waals surface area contributed by atoms with Crippen molar-refractivity contribution >= 4 is 0 Å². The van der Waals surface area contributed by atoms with Gasteiger partial charge in [-0.05, 0) is 43.9 Å². The molecule has 0 N–H and O–H groups in total. The molecule has 0 spiro atoms. The van der Waals surface area contributed by atoms with Gasteiger partial charge in [-0.25, -0.2) is 0 Å². The van der Waals surface area contributed by atoms with E-state index in [1.165, 1.54) is 18.4 Å². The van der Waals surface area contributed by atoms with Gasteiger partial charge < -0.3 is 4.74 Å². The van der Waals surface area contributed by atoms with E-state index >= 15 is 0 Å². The molecule has 1 aliphatic heterocycles. The zero-order chi connectivity index (χ0) is 12.3. The minimum Gasteiger partial charge on any atom is -0.375 e. The average molecular weight is 224 g/mol. The lowest BCUT2D eigenvalue weighted by atomic mass is 9.82. The van der Waals surface area contributed by atoms with Crippen LogP contribution in [0.5, 0.6) is 0 Å². The normalized spacial score (nSPS) is 29.2. The van der Waals surface area contributed by atoms with E-state index in [-0.39, 0.29) is 0 Å². The third-order valence-corrected chi connectivity index (χ3v) is 3.14. The van der Waals surface area contributed by atoms with Crippen LogP contribution in [0.1, 0.15) is 60.3 Å². The number of hydrogen-bond acceptors (Lipinski definition) is 1. The topological polar surface area (TPSA) is 9.23 Å². The summed E-state index contributed by atoms with van der Waals surface area (Å²) in [7, 11) is 0. The SMILES string of the molecule is C=C1C[C@H](C[C@@H](C)CC(C)(C)C)O[C@H](C)C1. The van der Waals surface area contributed by atoms with Gasteiger partial charge in [-0.15, -0.1) is 0 Å². The minimum atomic E-state index is 0.369. The van der Waals surface area contributed by atoms with E-state index in [1.807, 2.05) is 0 Å². The first-order valence-electron chi connectivity index (χ1n) is 6.58. The lowest BCUT2D eigenvalue weighted by molar-refractivity contribution is -0.0333. The molecule has 0 bridgehead atoms. The maximum atomic E-state index is 5.98. The summed E-state index contributed by atoms with van der Waals surface area (Å²) in [4.78, 5) is 0. The van der Waals surface area contributed by atoms with Crippen LogP contribution in [0.15, 0.2) is 12.2 Å². The van der Waals surface area contributed by atoms with Gasteiger partial charge in [-0.2, -0.15) is 0 Å². The molecule has 0 aromatic carbocycles. The molecule has 0 saturated carbocycles. The summed E-state index contributed by atoms with van der Waals surface area (Å²) < 4.78 is 5.98. The fraction of sp³-hybridized carbons (Fsp3) is 0.867. The first-order valence-corrected chi connectivity index (χ1v) is 6.58. The van der Waals surface area contributed by atoms with Crippen LogP contribution in [0.3, 0.4) is 0 Å². The van der Waals surface area contributed by atoms with Gasteiger partial charge in [0, 0.05) is 0 Å². The van der Waals surface area contributed by atoms with Crippen LogP contribution in [0.2, 0.25) is 0 Å². The first kappa shape index (κ1) is 13.8. The Morgan fingerprint density at radius 3 is 2.50 bits per heavy atom.